The van der Waals surface area contributed by atoms with Gasteiger partial charge in [-0.2, -0.15) is 10.5 Å². The van der Waals surface area contributed by atoms with Gasteiger partial charge in [0.25, 0.3) is 0 Å². The molecule has 13 heteroatoms. The molecule has 2 heterocycles. The zero-order valence-corrected chi connectivity index (χ0v) is 14.8. The van der Waals surface area contributed by atoms with E-state index in [0.29, 0.717) is 0 Å². The number of phenolic OH excluding ortho intramolecular Hbond substituents is 1. The number of phenols is 1. The van der Waals surface area contributed by atoms with Gasteiger partial charge in [0.2, 0.25) is 5.96 Å². The molecule has 2 aromatic rings. The molecular formula is C16H13N9O4. The van der Waals surface area contributed by atoms with Crippen molar-refractivity contribution in [3.05, 3.63) is 38.9 Å². The molecule has 0 fully saturated rings. The van der Waals surface area contributed by atoms with Gasteiger partial charge in [-0.3, -0.25) is 15.4 Å². The molecule has 1 aromatic heterocycles. The first-order valence-electron chi connectivity index (χ1n) is 7.86. The van der Waals surface area contributed by atoms with Crippen molar-refractivity contribution in [2.45, 2.75) is 6.04 Å². The number of nitro benzene ring substituents is 1. The lowest BCUT2D eigenvalue weighted by Gasteiger charge is -2.26. The van der Waals surface area contributed by atoms with Crippen LogP contribution in [0.15, 0.2) is 17.1 Å². The number of guanidine groups is 1. The number of hydrogen-bond acceptors (Lipinski definition) is 12. The number of benzene rings is 1. The largest absolute Gasteiger partial charge is 0.502 e. The minimum Gasteiger partial charge on any atom is -0.502 e. The molecule has 0 bridgehead atoms. The number of fused-ring (bicyclic) bond motifs is 1. The Balaban J connectivity index is 2.36. The number of aliphatic imine (C=N–C) groups is 1. The lowest BCUT2D eigenvalue weighted by atomic mass is 9.94. The van der Waals surface area contributed by atoms with E-state index in [1.54, 1.807) is 6.19 Å². The van der Waals surface area contributed by atoms with Gasteiger partial charge in [-0.05, 0) is 6.07 Å². The van der Waals surface area contributed by atoms with E-state index in [0.717, 1.165) is 6.07 Å². The van der Waals surface area contributed by atoms with E-state index in [9.17, 15) is 20.5 Å². The number of hydrogen-bond donors (Lipinski definition) is 5. The Labute approximate surface area is 163 Å². The van der Waals surface area contributed by atoms with Gasteiger partial charge < -0.3 is 26.6 Å². The third-order valence-corrected chi connectivity index (χ3v) is 4.18. The molecule has 0 saturated carbocycles. The molecule has 0 aliphatic carbocycles. The minimum atomic E-state index is -1.16. The van der Waals surface area contributed by atoms with Crippen LogP contribution < -0.4 is 26.8 Å². The Morgan fingerprint density at radius 1 is 1.41 bits per heavy atom. The van der Waals surface area contributed by atoms with E-state index in [-0.39, 0.29) is 45.7 Å². The van der Waals surface area contributed by atoms with Crippen molar-refractivity contribution in [2.24, 2.45) is 4.99 Å². The third kappa shape index (κ3) is 3.08. The van der Waals surface area contributed by atoms with Crippen molar-refractivity contribution in [1.29, 1.82) is 10.5 Å². The fraction of sp³-hybridized carbons (Fsp3) is 0.125. The number of rotatable bonds is 3. The van der Waals surface area contributed by atoms with Crippen molar-refractivity contribution in [3.8, 4) is 23.8 Å². The highest BCUT2D eigenvalue weighted by Gasteiger charge is 2.34. The fourth-order valence-electron chi connectivity index (χ4n) is 2.89. The second-order valence-electron chi connectivity index (χ2n) is 5.74. The fourth-order valence-corrected chi connectivity index (χ4v) is 2.89. The number of methoxy groups -OCH3 is 1. The molecule has 29 heavy (non-hydrogen) atoms. The number of nitriles is 2. The van der Waals surface area contributed by atoms with Gasteiger partial charge in [-0.15, -0.1) is 0 Å². The molecule has 1 aliphatic heterocycles. The van der Waals surface area contributed by atoms with Crippen LogP contribution in [0.25, 0.3) is 0 Å². The zero-order valence-electron chi connectivity index (χ0n) is 14.8. The number of nitro groups is 1. The summed E-state index contributed by atoms with van der Waals surface area (Å²) in [6, 6.07) is 3.06. The van der Waals surface area contributed by atoms with Gasteiger partial charge in [0.1, 0.15) is 35.1 Å². The summed E-state index contributed by atoms with van der Waals surface area (Å²) in [4.78, 5) is 18.9. The standard InChI is InChI=1S/C16H13N9O4/c1-29-6-2-7(13(26)9(3-6)25(27)28)12-10-11(19)8(4-17)14(20)23-15(10)24-16(22-12)21-5-18/h2-3,12,26H,1H3,(H6,19,20,21,22,23,24). The van der Waals surface area contributed by atoms with Gasteiger partial charge in [-0.1, -0.05) is 0 Å². The van der Waals surface area contributed by atoms with Crippen LogP contribution in [0, 0.1) is 32.9 Å². The molecule has 0 amide bonds. The molecular weight excluding hydrogens is 382 g/mol. The molecule has 1 aromatic carbocycles. The van der Waals surface area contributed by atoms with Crippen LogP contribution >= 0.6 is 0 Å². The number of nitrogens with zero attached hydrogens (tertiary/aromatic N) is 5. The summed E-state index contributed by atoms with van der Waals surface area (Å²) in [5, 5.41) is 45.1. The first kappa shape index (κ1) is 19.0. The van der Waals surface area contributed by atoms with Crippen molar-refractivity contribution >= 4 is 29.0 Å². The number of aromatic nitrogens is 1. The molecule has 7 N–H and O–H groups in total. The number of ether oxygens (including phenoxy) is 1. The van der Waals surface area contributed by atoms with Crippen LogP contribution in [0.5, 0.6) is 11.5 Å². The van der Waals surface area contributed by atoms with E-state index < -0.39 is 22.4 Å². The lowest BCUT2D eigenvalue weighted by Crippen LogP contribution is -2.32. The van der Waals surface area contributed by atoms with Gasteiger partial charge >= 0.3 is 5.69 Å². The number of nitrogen functional groups attached to an aromatic ring is 2. The zero-order chi connectivity index (χ0) is 21.3. The first-order valence-corrected chi connectivity index (χ1v) is 7.86. The van der Waals surface area contributed by atoms with Crippen molar-refractivity contribution < 1.29 is 14.8 Å². The minimum absolute atomic E-state index is 0.0433. The summed E-state index contributed by atoms with van der Waals surface area (Å²) in [6.07, 6.45) is 1.68. The molecule has 0 saturated heterocycles. The third-order valence-electron chi connectivity index (χ3n) is 4.18. The van der Waals surface area contributed by atoms with Crippen LogP contribution in [0.3, 0.4) is 0 Å². The second kappa shape index (κ2) is 7.09. The summed E-state index contributed by atoms with van der Waals surface area (Å²) in [5.41, 5.74) is 11.2. The Kier molecular flexibility index (Phi) is 4.64. The van der Waals surface area contributed by atoms with Crippen LogP contribution in [0.4, 0.5) is 23.0 Å². The highest BCUT2D eigenvalue weighted by molar-refractivity contribution is 5.98. The smallest absolute Gasteiger partial charge is 0.314 e. The SMILES string of the molecule is COc1cc(C2N=C(NC#N)Nc3nc(N)c(C#N)c(N)c32)c(O)c([N+](=O)[O-])c1. The van der Waals surface area contributed by atoms with Gasteiger partial charge in [-0.25, -0.2) is 9.98 Å². The highest BCUT2D eigenvalue weighted by atomic mass is 16.6. The monoisotopic (exact) mass is 395 g/mol. The number of nitrogens with one attached hydrogen (secondary N) is 2. The van der Waals surface area contributed by atoms with E-state index >= 15 is 0 Å². The first-order chi connectivity index (χ1) is 13.8. The van der Waals surface area contributed by atoms with Crippen LogP contribution in [0.2, 0.25) is 0 Å². The quantitative estimate of drug-likeness (QED) is 0.210. The molecule has 3 rings (SSSR count). The van der Waals surface area contributed by atoms with Crippen LogP contribution in [-0.2, 0) is 0 Å². The normalized spacial score (nSPS) is 14.4. The van der Waals surface area contributed by atoms with Gasteiger partial charge in [0.15, 0.2) is 11.9 Å². The maximum absolute atomic E-state index is 11.3. The maximum Gasteiger partial charge on any atom is 0.314 e. The predicted molar refractivity (Wildman–Crippen MR) is 101 cm³/mol. The topological polar surface area (TPSA) is 222 Å². The summed E-state index contributed by atoms with van der Waals surface area (Å²) in [6.45, 7) is 0. The van der Waals surface area contributed by atoms with Gasteiger partial charge in [0.05, 0.1) is 23.8 Å². The van der Waals surface area contributed by atoms with E-state index in [1.165, 1.54) is 13.2 Å². The number of nitrogens with two attached hydrogens (primary N) is 2. The number of aromatic hydroxyl groups is 1. The van der Waals surface area contributed by atoms with Crippen molar-refractivity contribution in [2.75, 3.05) is 23.9 Å². The molecule has 146 valence electrons. The summed E-state index contributed by atoms with van der Waals surface area (Å²) < 4.78 is 5.08. The Morgan fingerprint density at radius 2 is 2.14 bits per heavy atom. The Hall–Kier alpha value is -4.78. The average molecular weight is 395 g/mol. The lowest BCUT2D eigenvalue weighted by molar-refractivity contribution is -0.386. The molecule has 0 spiro atoms. The molecule has 13 nitrogen and oxygen atoms in total. The van der Waals surface area contributed by atoms with Crippen molar-refractivity contribution in [3.63, 3.8) is 0 Å². The Bertz CT molecular complexity index is 1150. The summed E-state index contributed by atoms with van der Waals surface area (Å²) in [5.74, 6) is -0.748. The van der Waals surface area contributed by atoms with Gasteiger partial charge in [0, 0.05) is 11.1 Å². The Morgan fingerprint density at radius 3 is 2.72 bits per heavy atom. The molecule has 1 atom stereocenters. The second-order valence-corrected chi connectivity index (χ2v) is 5.74. The van der Waals surface area contributed by atoms with E-state index in [2.05, 4.69) is 20.6 Å². The van der Waals surface area contributed by atoms with Crippen LogP contribution in [0.1, 0.15) is 22.7 Å². The maximum atomic E-state index is 11.3. The van der Waals surface area contributed by atoms with E-state index in [1.807, 2.05) is 6.07 Å². The molecule has 1 aliphatic rings. The number of anilines is 3. The van der Waals surface area contributed by atoms with Crippen molar-refractivity contribution in [1.82, 2.24) is 10.3 Å². The molecule has 1 unspecified atom stereocenters. The average Bonchev–Trinajstić information content (AvgIpc) is 2.67. The summed E-state index contributed by atoms with van der Waals surface area (Å²) >= 11 is 0. The number of pyridine rings is 1. The van der Waals surface area contributed by atoms with E-state index in [4.69, 9.17) is 21.5 Å². The molecule has 0 radical (unpaired) electrons. The predicted octanol–water partition coefficient (Wildman–Crippen LogP) is 0.682. The van der Waals surface area contributed by atoms with Crippen LogP contribution in [-0.4, -0.2) is 28.1 Å². The highest BCUT2D eigenvalue weighted by Crippen LogP contribution is 2.46. The summed E-state index contributed by atoms with van der Waals surface area (Å²) in [7, 11) is 1.30.